The summed E-state index contributed by atoms with van der Waals surface area (Å²) < 4.78 is 5.61. The third-order valence-corrected chi connectivity index (χ3v) is 7.25. The van der Waals surface area contributed by atoms with Crippen molar-refractivity contribution in [3.63, 3.8) is 0 Å². The molecule has 2 aliphatic rings. The van der Waals surface area contributed by atoms with E-state index in [0.29, 0.717) is 25.7 Å². The number of carboxylic acids is 1. The van der Waals surface area contributed by atoms with Crippen molar-refractivity contribution < 1.29 is 24.2 Å². The first kappa shape index (κ1) is 23.8. The van der Waals surface area contributed by atoms with Crippen LogP contribution in [0.25, 0.3) is 11.1 Å². The Bertz CT molecular complexity index is 1020. The van der Waals surface area contributed by atoms with Crippen molar-refractivity contribution in [3.8, 4) is 11.1 Å². The Labute approximate surface area is 199 Å². The molecular formula is C27H32N2O5. The van der Waals surface area contributed by atoms with Gasteiger partial charge in [0.05, 0.1) is 0 Å². The Morgan fingerprint density at radius 1 is 1.03 bits per heavy atom. The predicted molar refractivity (Wildman–Crippen MR) is 128 cm³/mol. The van der Waals surface area contributed by atoms with Crippen LogP contribution in [-0.4, -0.2) is 41.8 Å². The van der Waals surface area contributed by atoms with Crippen molar-refractivity contribution in [2.24, 2.45) is 11.8 Å². The topological polar surface area (TPSA) is 105 Å². The highest BCUT2D eigenvalue weighted by molar-refractivity contribution is 5.85. The summed E-state index contributed by atoms with van der Waals surface area (Å²) in [7, 11) is 0. The molecule has 2 aliphatic carbocycles. The molecule has 0 aromatic heterocycles. The molecule has 7 heteroatoms. The van der Waals surface area contributed by atoms with Gasteiger partial charge in [0, 0.05) is 17.9 Å². The van der Waals surface area contributed by atoms with Crippen molar-refractivity contribution in [1.29, 1.82) is 0 Å². The molecule has 3 N–H and O–H groups in total. The highest BCUT2D eigenvalue weighted by atomic mass is 16.5. The molecule has 4 rings (SSSR count). The van der Waals surface area contributed by atoms with Gasteiger partial charge in [0.25, 0.3) is 0 Å². The van der Waals surface area contributed by atoms with Crippen molar-refractivity contribution in [2.75, 3.05) is 6.61 Å². The molecule has 1 saturated carbocycles. The number of hydrogen-bond acceptors (Lipinski definition) is 4. The van der Waals surface area contributed by atoms with E-state index in [-0.39, 0.29) is 36.3 Å². The van der Waals surface area contributed by atoms with Crippen molar-refractivity contribution in [2.45, 2.75) is 57.5 Å². The summed E-state index contributed by atoms with van der Waals surface area (Å²) in [5, 5.41) is 15.0. The standard InChI is InChI=1S/C27H32N2O5/c1-3-16(2)24(26(31)32)29-25(30)17-12-13-18(14-17)28-27(33)34-15-23-21-10-6-4-8-19(21)20-9-5-7-11-22(20)23/h4-11,16-18,23-24H,3,12-15H2,1-2H3,(H,28,33)(H,29,30)(H,31,32)/t16-,17-,18+,24-/m0/s1. The van der Waals surface area contributed by atoms with E-state index in [1.165, 1.54) is 11.1 Å². The predicted octanol–water partition coefficient (Wildman–Crippen LogP) is 4.31. The molecule has 0 aliphatic heterocycles. The van der Waals surface area contributed by atoms with E-state index in [1.807, 2.05) is 38.1 Å². The van der Waals surface area contributed by atoms with Gasteiger partial charge in [-0.3, -0.25) is 4.79 Å². The largest absolute Gasteiger partial charge is 0.480 e. The van der Waals surface area contributed by atoms with E-state index in [1.54, 1.807) is 0 Å². The second-order valence-electron chi connectivity index (χ2n) is 9.39. The van der Waals surface area contributed by atoms with Crippen LogP contribution < -0.4 is 10.6 Å². The summed E-state index contributed by atoms with van der Waals surface area (Å²) in [6.45, 7) is 3.96. The van der Waals surface area contributed by atoms with Gasteiger partial charge in [-0.05, 0) is 47.4 Å². The van der Waals surface area contributed by atoms with Crippen LogP contribution >= 0.6 is 0 Å². The number of hydrogen-bond donors (Lipinski definition) is 3. The van der Waals surface area contributed by atoms with Gasteiger partial charge in [0.2, 0.25) is 5.91 Å². The number of carbonyl (C=O) groups is 3. The number of carbonyl (C=O) groups excluding carboxylic acids is 2. The fourth-order valence-electron chi connectivity index (χ4n) is 5.11. The fraction of sp³-hybridized carbons (Fsp3) is 0.444. The first-order valence-corrected chi connectivity index (χ1v) is 12.0. The molecule has 34 heavy (non-hydrogen) atoms. The van der Waals surface area contributed by atoms with Crippen LogP contribution in [0.4, 0.5) is 4.79 Å². The number of carboxylic acid groups (broad SMARTS) is 1. The zero-order chi connectivity index (χ0) is 24.2. The van der Waals surface area contributed by atoms with Crippen molar-refractivity contribution in [1.82, 2.24) is 10.6 Å². The van der Waals surface area contributed by atoms with Crippen LogP contribution in [0, 0.1) is 11.8 Å². The van der Waals surface area contributed by atoms with Gasteiger partial charge in [-0.15, -0.1) is 0 Å². The lowest BCUT2D eigenvalue weighted by Gasteiger charge is -2.22. The zero-order valence-electron chi connectivity index (χ0n) is 19.6. The molecule has 2 aromatic carbocycles. The SMILES string of the molecule is CC[C@H](C)[C@H](NC(=O)[C@H]1CC[C@@H](NC(=O)OCC2c3ccccc3-c3ccccc32)C1)C(=O)O. The Hall–Kier alpha value is -3.35. The molecule has 7 nitrogen and oxygen atoms in total. The molecule has 180 valence electrons. The van der Waals surface area contributed by atoms with E-state index in [4.69, 9.17) is 4.74 Å². The molecular weight excluding hydrogens is 432 g/mol. The van der Waals surface area contributed by atoms with Gasteiger partial charge in [-0.1, -0.05) is 68.8 Å². The molecule has 0 bridgehead atoms. The summed E-state index contributed by atoms with van der Waals surface area (Å²) >= 11 is 0. The van der Waals surface area contributed by atoms with Gasteiger partial charge >= 0.3 is 12.1 Å². The Morgan fingerprint density at radius 3 is 2.24 bits per heavy atom. The number of rotatable bonds is 8. The zero-order valence-corrected chi connectivity index (χ0v) is 19.6. The first-order valence-electron chi connectivity index (χ1n) is 12.0. The summed E-state index contributed by atoms with van der Waals surface area (Å²) in [5.74, 6) is -1.75. The average Bonchev–Trinajstić information content (AvgIpc) is 3.43. The normalized spacial score (nSPS) is 20.6. The van der Waals surface area contributed by atoms with E-state index in [0.717, 1.165) is 11.1 Å². The second-order valence-corrected chi connectivity index (χ2v) is 9.39. The van der Waals surface area contributed by atoms with Crippen LogP contribution in [0.15, 0.2) is 48.5 Å². The summed E-state index contributed by atoms with van der Waals surface area (Å²) in [4.78, 5) is 36.7. The van der Waals surface area contributed by atoms with Crippen LogP contribution in [0.5, 0.6) is 0 Å². The maximum absolute atomic E-state index is 12.6. The van der Waals surface area contributed by atoms with Crippen LogP contribution in [-0.2, 0) is 14.3 Å². The molecule has 2 aromatic rings. The minimum atomic E-state index is -1.02. The highest BCUT2D eigenvalue weighted by Crippen LogP contribution is 2.44. The van der Waals surface area contributed by atoms with Gasteiger partial charge in [0.1, 0.15) is 12.6 Å². The smallest absolute Gasteiger partial charge is 0.407 e. The van der Waals surface area contributed by atoms with E-state index < -0.39 is 18.1 Å². The number of amides is 2. The van der Waals surface area contributed by atoms with Crippen LogP contribution in [0.1, 0.15) is 56.6 Å². The van der Waals surface area contributed by atoms with Crippen LogP contribution in [0.3, 0.4) is 0 Å². The number of ether oxygens (including phenoxy) is 1. The lowest BCUT2D eigenvalue weighted by Crippen LogP contribution is -2.47. The molecule has 2 amide bonds. The minimum Gasteiger partial charge on any atom is -0.480 e. The van der Waals surface area contributed by atoms with E-state index in [2.05, 4.69) is 34.9 Å². The maximum Gasteiger partial charge on any atom is 0.407 e. The highest BCUT2D eigenvalue weighted by Gasteiger charge is 2.35. The maximum atomic E-state index is 12.6. The fourth-order valence-corrected chi connectivity index (χ4v) is 5.11. The number of fused-ring (bicyclic) bond motifs is 3. The monoisotopic (exact) mass is 464 g/mol. The number of benzene rings is 2. The molecule has 1 fully saturated rings. The quantitative estimate of drug-likeness (QED) is 0.540. The lowest BCUT2D eigenvalue weighted by atomic mass is 9.98. The first-order chi connectivity index (χ1) is 16.4. The molecule has 4 atom stereocenters. The molecule has 0 spiro atoms. The summed E-state index contributed by atoms with van der Waals surface area (Å²) in [6.07, 6.45) is 1.91. The third-order valence-electron chi connectivity index (χ3n) is 7.25. The number of aliphatic carboxylic acids is 1. The van der Waals surface area contributed by atoms with Gasteiger partial charge in [0.15, 0.2) is 0 Å². The van der Waals surface area contributed by atoms with Crippen LogP contribution in [0.2, 0.25) is 0 Å². The Morgan fingerprint density at radius 2 is 1.65 bits per heavy atom. The summed E-state index contributed by atoms with van der Waals surface area (Å²) in [5.41, 5.74) is 4.66. The lowest BCUT2D eigenvalue weighted by molar-refractivity contribution is -0.144. The minimum absolute atomic E-state index is 0.00578. The number of alkyl carbamates (subject to hydrolysis) is 1. The Kier molecular flexibility index (Phi) is 7.20. The van der Waals surface area contributed by atoms with Crippen molar-refractivity contribution in [3.05, 3.63) is 59.7 Å². The van der Waals surface area contributed by atoms with Gasteiger partial charge in [-0.2, -0.15) is 0 Å². The average molecular weight is 465 g/mol. The molecule has 0 heterocycles. The van der Waals surface area contributed by atoms with Gasteiger partial charge < -0.3 is 20.5 Å². The van der Waals surface area contributed by atoms with Gasteiger partial charge in [-0.25, -0.2) is 9.59 Å². The van der Waals surface area contributed by atoms with Crippen molar-refractivity contribution >= 4 is 18.0 Å². The molecule has 0 saturated heterocycles. The van der Waals surface area contributed by atoms with E-state index in [9.17, 15) is 19.5 Å². The third kappa shape index (κ3) is 4.93. The Balaban J connectivity index is 1.29. The summed E-state index contributed by atoms with van der Waals surface area (Å²) in [6, 6.07) is 15.3. The molecule has 0 unspecified atom stereocenters. The molecule has 0 radical (unpaired) electrons. The second kappa shape index (κ2) is 10.3. The number of nitrogens with one attached hydrogen (secondary N) is 2. The van der Waals surface area contributed by atoms with E-state index >= 15 is 0 Å².